The average molecular weight is 288 g/mol. The molecule has 0 fully saturated rings. The van der Waals surface area contributed by atoms with Gasteiger partial charge in [-0.05, 0) is 28.1 Å². The van der Waals surface area contributed by atoms with Gasteiger partial charge in [0.25, 0.3) is 0 Å². The third kappa shape index (κ3) is 2.33. The van der Waals surface area contributed by atoms with E-state index in [0.29, 0.717) is 16.8 Å². The molecule has 0 aliphatic rings. The minimum Gasteiger partial charge on any atom is -0.425 e. The maximum atomic E-state index is 5.94. The molecule has 2 rings (SSSR count). The molecule has 1 aromatic carbocycles. The van der Waals surface area contributed by atoms with E-state index in [0.717, 1.165) is 4.47 Å². The highest BCUT2D eigenvalue weighted by molar-refractivity contribution is 9.10. The monoisotopic (exact) mass is 286 g/mol. The molecule has 78 valence electrons. The fourth-order valence-electron chi connectivity index (χ4n) is 1.10. The lowest BCUT2D eigenvalue weighted by atomic mass is 10.3. The van der Waals surface area contributed by atoms with E-state index >= 15 is 0 Å². The molecular weight excluding hydrogens is 279 g/mol. The molecule has 0 saturated heterocycles. The molecule has 3 nitrogen and oxygen atoms in total. The summed E-state index contributed by atoms with van der Waals surface area (Å²) in [6.45, 7) is 0. The molecule has 0 radical (unpaired) electrons. The van der Waals surface area contributed by atoms with Gasteiger partial charge in [0.1, 0.15) is 5.75 Å². The molecule has 0 spiro atoms. The van der Waals surface area contributed by atoms with Gasteiger partial charge in [0.2, 0.25) is 0 Å². The number of benzene rings is 1. The van der Waals surface area contributed by atoms with Crippen LogP contribution >= 0.6 is 27.5 Å². The van der Waals surface area contributed by atoms with Crippen molar-refractivity contribution >= 4 is 27.5 Å². The predicted molar refractivity (Wildman–Crippen MR) is 62.4 cm³/mol. The molecule has 0 aliphatic carbocycles. The van der Waals surface area contributed by atoms with Gasteiger partial charge in [-0.1, -0.05) is 11.6 Å². The Morgan fingerprint density at radius 3 is 2.87 bits per heavy atom. The third-order valence-corrected chi connectivity index (χ3v) is 3.11. The molecule has 0 amide bonds. The summed E-state index contributed by atoms with van der Waals surface area (Å²) in [5, 5.41) is 0.613. The van der Waals surface area contributed by atoms with E-state index in [4.69, 9.17) is 16.3 Å². The largest absolute Gasteiger partial charge is 0.425 e. The van der Waals surface area contributed by atoms with Gasteiger partial charge in [0.05, 0.1) is 5.02 Å². The number of hydrogen-bond donors (Lipinski definition) is 0. The maximum Gasteiger partial charge on any atom is 0.301 e. The Morgan fingerprint density at radius 2 is 2.27 bits per heavy atom. The van der Waals surface area contributed by atoms with Crippen molar-refractivity contribution in [2.75, 3.05) is 0 Å². The van der Waals surface area contributed by atoms with Gasteiger partial charge >= 0.3 is 6.01 Å². The van der Waals surface area contributed by atoms with Crippen molar-refractivity contribution in [2.45, 2.75) is 0 Å². The number of aromatic nitrogens is 2. The van der Waals surface area contributed by atoms with Crippen LogP contribution in [0.25, 0.3) is 0 Å². The van der Waals surface area contributed by atoms with Crippen LogP contribution in [0.3, 0.4) is 0 Å². The fraction of sp³-hybridized carbons (Fsp3) is 0.100. The van der Waals surface area contributed by atoms with E-state index in [1.807, 2.05) is 25.4 Å². The number of halogens is 2. The summed E-state index contributed by atoms with van der Waals surface area (Å²) >= 11 is 9.25. The van der Waals surface area contributed by atoms with Gasteiger partial charge in [-0.3, -0.25) is 0 Å². The van der Waals surface area contributed by atoms with Crippen LogP contribution in [-0.2, 0) is 7.05 Å². The second-order valence-electron chi connectivity index (χ2n) is 3.00. The fourth-order valence-corrected chi connectivity index (χ4v) is 1.51. The van der Waals surface area contributed by atoms with Crippen molar-refractivity contribution in [3.63, 3.8) is 0 Å². The summed E-state index contributed by atoms with van der Waals surface area (Å²) in [5.74, 6) is 0.664. The minimum absolute atomic E-state index is 0.536. The smallest absolute Gasteiger partial charge is 0.301 e. The molecule has 1 heterocycles. The van der Waals surface area contributed by atoms with E-state index in [-0.39, 0.29) is 0 Å². The Kier molecular flexibility index (Phi) is 2.98. The van der Waals surface area contributed by atoms with Crippen LogP contribution in [0.1, 0.15) is 0 Å². The molecule has 0 atom stereocenters. The zero-order valence-electron chi connectivity index (χ0n) is 7.95. The maximum absolute atomic E-state index is 5.94. The Morgan fingerprint density at radius 1 is 1.47 bits per heavy atom. The topological polar surface area (TPSA) is 27.1 Å². The number of nitrogens with zero attached hydrogens (tertiary/aromatic N) is 2. The first-order valence-corrected chi connectivity index (χ1v) is 5.44. The van der Waals surface area contributed by atoms with Crippen molar-refractivity contribution in [3.05, 3.63) is 40.1 Å². The van der Waals surface area contributed by atoms with E-state index < -0.39 is 0 Å². The van der Waals surface area contributed by atoms with Crippen molar-refractivity contribution in [2.24, 2.45) is 7.05 Å². The minimum atomic E-state index is 0.536. The number of hydrogen-bond acceptors (Lipinski definition) is 2. The van der Waals surface area contributed by atoms with E-state index in [1.165, 1.54) is 0 Å². The summed E-state index contributed by atoms with van der Waals surface area (Å²) < 4.78 is 8.16. The first-order valence-electron chi connectivity index (χ1n) is 4.27. The van der Waals surface area contributed by atoms with Crippen LogP contribution in [0.5, 0.6) is 11.8 Å². The van der Waals surface area contributed by atoms with Crippen LogP contribution in [0.2, 0.25) is 5.02 Å². The second-order valence-corrected chi connectivity index (χ2v) is 4.26. The van der Waals surface area contributed by atoms with Crippen LogP contribution in [0.15, 0.2) is 35.1 Å². The van der Waals surface area contributed by atoms with Gasteiger partial charge < -0.3 is 9.30 Å². The molecule has 1 aromatic heterocycles. The summed E-state index contributed by atoms with van der Waals surface area (Å²) in [6, 6.07) is 5.93. The lowest BCUT2D eigenvalue weighted by Crippen LogP contribution is -1.93. The van der Waals surface area contributed by atoms with Gasteiger partial charge in [-0.15, -0.1) is 0 Å². The highest BCUT2D eigenvalue weighted by Gasteiger charge is 2.04. The zero-order chi connectivity index (χ0) is 10.8. The highest BCUT2D eigenvalue weighted by Crippen LogP contribution is 2.28. The van der Waals surface area contributed by atoms with Crippen molar-refractivity contribution in [1.82, 2.24) is 9.55 Å². The summed E-state index contributed by atoms with van der Waals surface area (Å²) in [4.78, 5) is 4.05. The van der Waals surface area contributed by atoms with Crippen LogP contribution in [-0.4, -0.2) is 9.55 Å². The standard InChI is InChI=1S/C10H8BrClN2O/c1-14-5-4-13-10(14)15-7-2-3-8(11)9(12)6-7/h2-6H,1H3. The van der Waals surface area contributed by atoms with Crippen LogP contribution in [0.4, 0.5) is 0 Å². The Bertz CT molecular complexity index is 484. The van der Waals surface area contributed by atoms with Gasteiger partial charge in [-0.2, -0.15) is 0 Å². The van der Waals surface area contributed by atoms with E-state index in [2.05, 4.69) is 20.9 Å². The SMILES string of the molecule is Cn1ccnc1Oc1ccc(Br)c(Cl)c1. The second kappa shape index (κ2) is 4.24. The van der Waals surface area contributed by atoms with Gasteiger partial charge in [0.15, 0.2) is 0 Å². The number of imidazole rings is 1. The molecule has 2 aromatic rings. The molecule has 0 bridgehead atoms. The van der Waals surface area contributed by atoms with E-state index in [9.17, 15) is 0 Å². The number of aryl methyl sites for hydroxylation is 1. The average Bonchev–Trinajstić information content (AvgIpc) is 2.59. The lowest BCUT2D eigenvalue weighted by Gasteiger charge is -2.05. The third-order valence-electron chi connectivity index (χ3n) is 1.88. The summed E-state index contributed by atoms with van der Waals surface area (Å²) in [5.41, 5.74) is 0. The first-order chi connectivity index (χ1) is 7.16. The number of ether oxygens (including phenoxy) is 1. The zero-order valence-corrected chi connectivity index (χ0v) is 10.3. The molecule has 0 unspecified atom stereocenters. The predicted octanol–water partition coefficient (Wildman–Crippen LogP) is 3.63. The summed E-state index contributed by atoms with van der Waals surface area (Å²) in [7, 11) is 1.86. The molecule has 15 heavy (non-hydrogen) atoms. The quantitative estimate of drug-likeness (QED) is 0.843. The first kappa shape index (κ1) is 10.5. The highest BCUT2D eigenvalue weighted by atomic mass is 79.9. The van der Waals surface area contributed by atoms with Gasteiger partial charge in [0, 0.05) is 30.0 Å². The van der Waals surface area contributed by atoms with Crippen LogP contribution in [0, 0.1) is 0 Å². The molecule has 0 saturated carbocycles. The van der Waals surface area contributed by atoms with Gasteiger partial charge in [-0.25, -0.2) is 4.98 Å². The molecule has 0 aliphatic heterocycles. The normalized spacial score (nSPS) is 10.3. The Hall–Kier alpha value is -1.000. The van der Waals surface area contributed by atoms with Crippen LogP contribution < -0.4 is 4.74 Å². The van der Waals surface area contributed by atoms with E-state index in [1.54, 1.807) is 16.8 Å². The summed E-state index contributed by atoms with van der Waals surface area (Å²) in [6.07, 6.45) is 3.49. The van der Waals surface area contributed by atoms with Crippen molar-refractivity contribution < 1.29 is 4.74 Å². The molecular formula is C10H8BrClN2O. The van der Waals surface area contributed by atoms with Crippen molar-refractivity contribution in [1.29, 1.82) is 0 Å². The Balaban J connectivity index is 2.25. The lowest BCUT2D eigenvalue weighted by molar-refractivity contribution is 0.425. The Labute approximate surface area is 101 Å². The van der Waals surface area contributed by atoms with Crippen molar-refractivity contribution in [3.8, 4) is 11.8 Å². The molecule has 5 heteroatoms. The molecule has 0 N–H and O–H groups in total. The number of rotatable bonds is 2.